The topological polar surface area (TPSA) is 69.1 Å². The van der Waals surface area contributed by atoms with Gasteiger partial charge in [0.15, 0.2) is 7.14 Å². The molecule has 242 valence electrons. The van der Waals surface area contributed by atoms with Crippen molar-refractivity contribution >= 4 is 121 Å². The number of pyridine rings is 2. The van der Waals surface area contributed by atoms with Crippen molar-refractivity contribution in [2.24, 2.45) is 0 Å². The van der Waals surface area contributed by atoms with E-state index in [1.165, 1.54) is 16.2 Å². The van der Waals surface area contributed by atoms with Crippen molar-refractivity contribution < 1.29 is 13.4 Å². The van der Waals surface area contributed by atoms with Crippen LogP contribution in [0.25, 0.3) is 98.3 Å². The number of benzene rings is 8. The molecule has 0 aliphatic rings. The first-order chi connectivity index (χ1) is 25.6. The second-order valence-electron chi connectivity index (χ2n) is 13.7. The summed E-state index contributed by atoms with van der Waals surface area (Å²) in [7, 11) is -3.57. The van der Waals surface area contributed by atoms with Crippen molar-refractivity contribution in [1.29, 1.82) is 0 Å². The number of fused-ring (bicyclic) bond motifs is 8. The van der Waals surface area contributed by atoms with Gasteiger partial charge < -0.3 is 13.4 Å². The summed E-state index contributed by atoms with van der Waals surface area (Å²) in [5.41, 5.74) is 4.28. The molecule has 0 N–H and O–H groups in total. The predicted octanol–water partition coefficient (Wildman–Crippen LogP) is 11.1. The van der Waals surface area contributed by atoms with E-state index in [0.717, 1.165) is 75.4 Å². The van der Waals surface area contributed by atoms with E-state index in [2.05, 4.69) is 91.0 Å². The maximum Gasteiger partial charge on any atom is 0.227 e. The summed E-state index contributed by atoms with van der Waals surface area (Å²) >= 11 is 0. The Morgan fingerprint density at radius 2 is 0.904 bits per heavy atom. The molecule has 0 atom stereocenters. The molecule has 0 unspecified atom stereocenters. The first-order valence-corrected chi connectivity index (χ1v) is 19.0. The minimum absolute atomic E-state index is 0.564. The smallest absolute Gasteiger partial charge is 0.227 e. The van der Waals surface area contributed by atoms with Gasteiger partial charge >= 0.3 is 0 Å². The second-order valence-corrected chi connectivity index (χ2v) is 16.4. The Bertz CT molecular complexity index is 3350. The molecule has 0 fully saturated rings. The molecule has 0 amide bonds. The summed E-state index contributed by atoms with van der Waals surface area (Å²) in [6, 6.07) is 51.5. The van der Waals surface area contributed by atoms with Crippen LogP contribution in [0.5, 0.6) is 0 Å². The molecule has 0 saturated carbocycles. The Hall–Kier alpha value is -6.55. The number of furan rings is 2. The minimum atomic E-state index is -3.57. The fraction of sp³-hybridized carbons (Fsp3) is 0. The summed E-state index contributed by atoms with van der Waals surface area (Å²) in [4.78, 5) is 9.68. The second kappa shape index (κ2) is 10.0. The monoisotopic (exact) mass is 684 g/mol. The molecule has 0 aliphatic carbocycles. The Balaban J connectivity index is 1.19. The lowest BCUT2D eigenvalue weighted by Crippen LogP contribution is -2.25. The summed E-state index contributed by atoms with van der Waals surface area (Å²) in [6.45, 7) is 0. The first-order valence-electron chi connectivity index (χ1n) is 17.3. The Morgan fingerprint density at radius 3 is 1.50 bits per heavy atom. The Morgan fingerprint density at radius 1 is 0.404 bits per heavy atom. The summed E-state index contributed by atoms with van der Waals surface area (Å²) in [5.74, 6) is 0. The van der Waals surface area contributed by atoms with Crippen LogP contribution in [0.1, 0.15) is 0 Å². The van der Waals surface area contributed by atoms with Crippen LogP contribution in [-0.2, 0) is 4.57 Å². The van der Waals surface area contributed by atoms with Gasteiger partial charge in [-0.15, -0.1) is 0 Å². The van der Waals surface area contributed by atoms with Crippen molar-refractivity contribution in [1.82, 2.24) is 9.97 Å². The van der Waals surface area contributed by atoms with Crippen molar-refractivity contribution in [2.75, 3.05) is 0 Å². The van der Waals surface area contributed by atoms with Gasteiger partial charge in [-0.2, -0.15) is 0 Å². The molecule has 4 heterocycles. The molecule has 12 aromatic rings. The summed E-state index contributed by atoms with van der Waals surface area (Å²) in [6.07, 6.45) is 0. The van der Waals surface area contributed by atoms with E-state index in [0.29, 0.717) is 22.6 Å². The molecule has 0 bridgehead atoms. The van der Waals surface area contributed by atoms with E-state index in [1.807, 2.05) is 60.7 Å². The molecule has 0 spiro atoms. The van der Waals surface area contributed by atoms with Gasteiger partial charge in [-0.05, 0) is 99.0 Å². The van der Waals surface area contributed by atoms with Crippen LogP contribution in [0.4, 0.5) is 0 Å². The van der Waals surface area contributed by atoms with E-state index in [1.54, 1.807) is 0 Å². The predicted molar refractivity (Wildman–Crippen MR) is 215 cm³/mol. The molecule has 0 radical (unpaired) electrons. The van der Waals surface area contributed by atoms with Gasteiger partial charge in [-0.3, -0.25) is 0 Å². The highest BCUT2D eigenvalue weighted by Gasteiger charge is 2.34. The van der Waals surface area contributed by atoms with Crippen LogP contribution in [0.2, 0.25) is 0 Å². The zero-order valence-corrected chi connectivity index (χ0v) is 28.4. The Kier molecular flexibility index (Phi) is 5.44. The highest BCUT2D eigenvalue weighted by Crippen LogP contribution is 2.48. The van der Waals surface area contributed by atoms with Crippen molar-refractivity contribution in [3.63, 3.8) is 0 Å². The van der Waals surface area contributed by atoms with E-state index < -0.39 is 7.14 Å². The molecule has 8 aromatic carbocycles. The normalized spacial score (nSPS) is 12.7. The molecule has 6 heteroatoms. The van der Waals surface area contributed by atoms with E-state index in [4.69, 9.17) is 18.8 Å². The van der Waals surface area contributed by atoms with Crippen LogP contribution in [-0.4, -0.2) is 9.97 Å². The highest BCUT2D eigenvalue weighted by molar-refractivity contribution is 7.85. The fourth-order valence-corrected chi connectivity index (χ4v) is 11.3. The summed E-state index contributed by atoms with van der Waals surface area (Å²) < 4.78 is 29.3. The lowest BCUT2D eigenvalue weighted by molar-refractivity contribution is 0.592. The largest absolute Gasteiger partial charge is 0.438 e. The third kappa shape index (κ3) is 3.75. The van der Waals surface area contributed by atoms with Gasteiger partial charge in [-0.25, -0.2) is 9.97 Å². The average Bonchev–Trinajstić information content (AvgIpc) is 3.74. The lowest BCUT2D eigenvalue weighted by Gasteiger charge is -2.23. The molecule has 12 rings (SSSR count). The van der Waals surface area contributed by atoms with Crippen LogP contribution < -0.4 is 15.9 Å². The maximum atomic E-state index is 16.7. The summed E-state index contributed by atoms with van der Waals surface area (Å²) in [5, 5.41) is 14.6. The van der Waals surface area contributed by atoms with E-state index >= 15 is 4.57 Å². The van der Waals surface area contributed by atoms with Crippen LogP contribution >= 0.6 is 7.14 Å². The van der Waals surface area contributed by atoms with Gasteiger partial charge in [0.2, 0.25) is 11.4 Å². The van der Waals surface area contributed by atoms with Crippen LogP contribution in [0.3, 0.4) is 0 Å². The number of hydrogen-bond acceptors (Lipinski definition) is 5. The number of hydrogen-bond donors (Lipinski definition) is 0. The van der Waals surface area contributed by atoms with Gasteiger partial charge in [0, 0.05) is 48.2 Å². The molecule has 0 aliphatic heterocycles. The SMILES string of the molecule is O=P(c1ccc2oc3nc4ccccc4cc3c2c1)(c1ccc2oc3nc4ccccc4cc3c2c1)c1ccc2ccc3cccc4ccc1c2c34. The van der Waals surface area contributed by atoms with Gasteiger partial charge in [0.25, 0.3) is 0 Å². The number of aromatic nitrogens is 2. The molecule has 52 heavy (non-hydrogen) atoms. The first kappa shape index (κ1) is 28.2. The molecule has 0 saturated heterocycles. The standard InChI is InChI=1S/C46H25N2O3P/c49-52(42-21-15-28-13-12-26-8-5-9-27-14-18-33(42)44(28)43(26)27,31-16-19-40-34(24-31)36-22-29-6-1-3-10-38(29)47-45(36)50-40)32-17-20-41-35(25-32)37-23-30-7-2-4-11-39(30)48-46(37)51-41/h1-25H. The molecular weight excluding hydrogens is 659 g/mol. The average molecular weight is 685 g/mol. The molecule has 5 nitrogen and oxygen atoms in total. The number of nitrogens with zero attached hydrogens (tertiary/aromatic N) is 2. The fourth-order valence-electron chi connectivity index (χ4n) is 8.39. The highest BCUT2D eigenvalue weighted by atomic mass is 31.2. The van der Waals surface area contributed by atoms with Crippen LogP contribution in [0, 0.1) is 0 Å². The minimum Gasteiger partial charge on any atom is -0.438 e. The van der Waals surface area contributed by atoms with Crippen molar-refractivity contribution in [2.45, 2.75) is 0 Å². The lowest BCUT2D eigenvalue weighted by atomic mass is 9.94. The quantitative estimate of drug-likeness (QED) is 0.137. The van der Waals surface area contributed by atoms with E-state index in [-0.39, 0.29) is 0 Å². The molecule has 4 aromatic heterocycles. The zero-order chi connectivity index (χ0) is 34.1. The van der Waals surface area contributed by atoms with Crippen molar-refractivity contribution in [3.05, 3.63) is 152 Å². The van der Waals surface area contributed by atoms with Gasteiger partial charge in [0.1, 0.15) is 11.2 Å². The number of para-hydroxylation sites is 2. The van der Waals surface area contributed by atoms with Crippen LogP contribution in [0.15, 0.2) is 160 Å². The molecular formula is C46H25N2O3P. The maximum absolute atomic E-state index is 16.7. The van der Waals surface area contributed by atoms with Crippen molar-refractivity contribution in [3.8, 4) is 0 Å². The zero-order valence-electron chi connectivity index (χ0n) is 27.5. The van der Waals surface area contributed by atoms with Gasteiger partial charge in [-0.1, -0.05) is 84.9 Å². The van der Waals surface area contributed by atoms with E-state index in [9.17, 15) is 0 Å². The number of rotatable bonds is 3. The third-order valence-electron chi connectivity index (χ3n) is 10.9. The van der Waals surface area contributed by atoms with Gasteiger partial charge in [0.05, 0.1) is 11.0 Å². The Labute approximate surface area is 295 Å². The third-order valence-corrected chi connectivity index (χ3v) is 13.9.